The van der Waals surface area contributed by atoms with Gasteiger partial charge < -0.3 is 29.7 Å². The second-order valence-corrected chi connectivity index (χ2v) is 10.6. The number of aliphatic hydroxyl groups is 1. The fraction of sp³-hybridized carbons (Fsp3) is 0.345. The van der Waals surface area contributed by atoms with Crippen LogP contribution in [-0.4, -0.2) is 70.5 Å². The van der Waals surface area contributed by atoms with Crippen molar-refractivity contribution >= 4 is 24.1 Å². The monoisotopic (exact) mass is 591 g/mol. The Morgan fingerprint density at radius 1 is 1.16 bits per heavy atom. The van der Waals surface area contributed by atoms with Gasteiger partial charge in [-0.1, -0.05) is 56.3 Å². The molecule has 3 heterocycles. The third-order valence-electron chi connectivity index (χ3n) is 6.30. The summed E-state index contributed by atoms with van der Waals surface area (Å²) in [6, 6.07) is 7.98. The van der Waals surface area contributed by atoms with E-state index in [1.54, 1.807) is 18.5 Å². The number of benzene rings is 1. The minimum Gasteiger partial charge on any atom is -0.480 e. The normalized spacial score (nSPS) is 13.2. The van der Waals surface area contributed by atoms with Crippen LogP contribution in [-0.2, 0) is 26.2 Å². The lowest BCUT2D eigenvalue weighted by molar-refractivity contribution is -0.150. The Balaban J connectivity index is 1.47. The summed E-state index contributed by atoms with van der Waals surface area (Å²) in [6.07, 6.45) is 6.97. The number of esters is 1. The van der Waals surface area contributed by atoms with Gasteiger partial charge in [-0.15, -0.1) is 5.10 Å². The smallest absolute Gasteiger partial charge is 0.330 e. The highest BCUT2D eigenvalue weighted by Crippen LogP contribution is 2.23. The number of aliphatic hydroxyl groups excluding tert-OH is 1. The number of nitrogens with one attached hydrogen (secondary N) is 2. The van der Waals surface area contributed by atoms with Crippen molar-refractivity contribution in [2.24, 2.45) is 0 Å². The molecule has 4 N–H and O–H groups in total. The van der Waals surface area contributed by atoms with Crippen LogP contribution in [0.2, 0.25) is 0 Å². The number of hydrogen-bond acceptors (Lipinski definition) is 10. The topological polar surface area (TPSA) is 198 Å². The van der Waals surface area contributed by atoms with Crippen molar-refractivity contribution in [1.29, 1.82) is 0 Å². The highest BCUT2D eigenvalue weighted by Gasteiger charge is 2.21. The summed E-state index contributed by atoms with van der Waals surface area (Å²) < 4.78 is 12.0. The van der Waals surface area contributed by atoms with Gasteiger partial charge in [0.25, 0.3) is 5.56 Å². The van der Waals surface area contributed by atoms with Crippen molar-refractivity contribution in [3.8, 4) is 5.88 Å². The van der Waals surface area contributed by atoms with Gasteiger partial charge >= 0.3 is 11.9 Å². The zero-order valence-electron chi connectivity index (χ0n) is 24.0. The molecule has 0 radical (unpaired) electrons. The van der Waals surface area contributed by atoms with Crippen LogP contribution in [0.5, 0.6) is 5.88 Å². The first kappa shape index (κ1) is 30.8. The van der Waals surface area contributed by atoms with E-state index >= 15 is 0 Å². The Labute approximate surface area is 245 Å². The molecule has 3 aromatic heterocycles. The maximum atomic E-state index is 12.9. The van der Waals surface area contributed by atoms with Crippen molar-refractivity contribution < 1.29 is 29.3 Å². The number of aromatic nitrogens is 7. The number of rotatable bonds is 12. The SMILES string of the molecule is CC(C)(C)c1[nH]cnc1/C=c1\[nH]c(=O)/c(=C/c2ccccc2)nc1OCOC(=O)CCCc1cn([C@@H](CO)C(=O)O)nn1. The zero-order chi connectivity index (χ0) is 31.0. The lowest BCUT2D eigenvalue weighted by Gasteiger charge is -2.17. The molecule has 0 fully saturated rings. The lowest BCUT2D eigenvalue weighted by Crippen LogP contribution is -2.38. The lowest BCUT2D eigenvalue weighted by atomic mass is 9.90. The number of aliphatic carboxylic acids is 1. The van der Waals surface area contributed by atoms with Crippen LogP contribution in [0.25, 0.3) is 12.2 Å². The minimum atomic E-state index is -1.23. The molecule has 0 amide bonds. The van der Waals surface area contributed by atoms with Crippen LogP contribution in [0.15, 0.2) is 47.7 Å². The standard InChI is InChI=1S/C29H33N7O7/c1-29(2,3)25-20(30-16-31-25)13-22-27(33-21(26(39)32-22)12-18-8-5-4-6-9-18)43-17-42-24(38)11-7-10-19-14-36(35-34-19)23(15-37)28(40)41/h4-6,8-9,12-14,16,23,37H,7,10-11,15,17H2,1-3H3,(H,30,31)(H,32,39)(H,40,41)/b21-12-,22-13-/t23-/m0/s1. The number of ether oxygens (including phenoxy) is 2. The summed E-state index contributed by atoms with van der Waals surface area (Å²) in [5.74, 6) is -1.73. The Kier molecular flexibility index (Phi) is 9.83. The summed E-state index contributed by atoms with van der Waals surface area (Å²) in [4.78, 5) is 51.2. The fourth-order valence-electron chi connectivity index (χ4n) is 4.12. The Morgan fingerprint density at radius 3 is 2.63 bits per heavy atom. The van der Waals surface area contributed by atoms with Crippen molar-refractivity contribution in [1.82, 2.24) is 34.9 Å². The number of carbonyl (C=O) groups is 2. The number of nitrogens with zero attached hydrogens (tertiary/aromatic N) is 5. The first-order valence-electron chi connectivity index (χ1n) is 13.5. The van der Waals surface area contributed by atoms with Crippen molar-refractivity contribution in [2.75, 3.05) is 13.4 Å². The highest BCUT2D eigenvalue weighted by atomic mass is 16.7. The number of carbonyl (C=O) groups excluding carboxylic acids is 1. The molecule has 0 aliphatic heterocycles. The minimum absolute atomic E-state index is 0.0336. The van der Waals surface area contributed by atoms with Crippen molar-refractivity contribution in [2.45, 2.75) is 51.5 Å². The number of hydrogen-bond donors (Lipinski definition) is 4. The van der Waals surface area contributed by atoms with E-state index in [2.05, 4.69) is 30.2 Å². The molecule has 0 unspecified atom stereocenters. The average molecular weight is 592 g/mol. The summed E-state index contributed by atoms with van der Waals surface area (Å²) in [5.41, 5.74) is 2.00. The molecule has 0 saturated heterocycles. The number of carboxylic acids is 1. The third kappa shape index (κ3) is 8.23. The summed E-state index contributed by atoms with van der Waals surface area (Å²) >= 11 is 0. The van der Waals surface area contributed by atoms with Gasteiger partial charge in [0.05, 0.1) is 24.3 Å². The summed E-state index contributed by atoms with van der Waals surface area (Å²) in [5, 5.41) is 26.3. The van der Waals surface area contributed by atoms with E-state index in [1.165, 1.54) is 6.20 Å². The van der Waals surface area contributed by atoms with Crippen LogP contribution < -0.4 is 21.0 Å². The van der Waals surface area contributed by atoms with E-state index in [1.807, 2.05) is 51.1 Å². The molecule has 43 heavy (non-hydrogen) atoms. The fourth-order valence-corrected chi connectivity index (χ4v) is 4.12. The number of imidazole rings is 1. The third-order valence-corrected chi connectivity index (χ3v) is 6.30. The molecule has 14 heteroatoms. The maximum Gasteiger partial charge on any atom is 0.330 e. The first-order chi connectivity index (χ1) is 20.5. The van der Waals surface area contributed by atoms with Crippen molar-refractivity contribution in [3.63, 3.8) is 0 Å². The van der Waals surface area contributed by atoms with Gasteiger partial charge in [0, 0.05) is 23.7 Å². The van der Waals surface area contributed by atoms with Crippen LogP contribution in [0.1, 0.15) is 62.3 Å². The van der Waals surface area contributed by atoms with Gasteiger partial charge in [-0.25, -0.2) is 19.4 Å². The van der Waals surface area contributed by atoms with E-state index in [0.29, 0.717) is 24.2 Å². The molecule has 0 aliphatic rings. The van der Waals surface area contributed by atoms with Crippen LogP contribution in [0.4, 0.5) is 0 Å². The van der Waals surface area contributed by atoms with E-state index in [4.69, 9.17) is 14.6 Å². The van der Waals surface area contributed by atoms with Gasteiger partial charge in [-0.2, -0.15) is 0 Å². The van der Waals surface area contributed by atoms with Crippen LogP contribution >= 0.6 is 0 Å². The summed E-state index contributed by atoms with van der Waals surface area (Å²) in [7, 11) is 0. The molecule has 4 rings (SSSR count). The van der Waals surface area contributed by atoms with Gasteiger partial charge in [0.1, 0.15) is 10.7 Å². The van der Waals surface area contributed by atoms with Gasteiger partial charge in [-0.05, 0) is 30.6 Å². The molecule has 0 bridgehead atoms. The molecule has 0 spiro atoms. The molecule has 226 valence electrons. The Bertz CT molecular complexity index is 1740. The average Bonchev–Trinajstić information content (AvgIpc) is 3.62. The predicted molar refractivity (Wildman–Crippen MR) is 153 cm³/mol. The largest absolute Gasteiger partial charge is 0.480 e. The predicted octanol–water partition coefficient (Wildman–Crippen LogP) is 0.560. The maximum absolute atomic E-state index is 12.9. The number of carboxylic acid groups (broad SMARTS) is 1. The Hall–Kier alpha value is -5.11. The van der Waals surface area contributed by atoms with Crippen molar-refractivity contribution in [3.05, 3.63) is 86.6 Å². The Morgan fingerprint density at radius 2 is 1.93 bits per heavy atom. The van der Waals surface area contributed by atoms with E-state index in [-0.39, 0.29) is 28.4 Å². The molecular weight excluding hydrogens is 558 g/mol. The molecule has 0 aliphatic carbocycles. The van der Waals surface area contributed by atoms with E-state index in [0.717, 1.165) is 15.9 Å². The second-order valence-electron chi connectivity index (χ2n) is 10.6. The molecule has 14 nitrogen and oxygen atoms in total. The molecule has 4 aromatic rings. The van der Waals surface area contributed by atoms with E-state index < -0.39 is 36.9 Å². The number of aromatic amines is 2. The number of aryl methyl sites for hydroxylation is 1. The molecular formula is C29H33N7O7. The van der Waals surface area contributed by atoms with Crippen LogP contribution in [0.3, 0.4) is 0 Å². The molecule has 1 atom stereocenters. The molecule has 0 saturated carbocycles. The second kappa shape index (κ2) is 13.7. The first-order valence-corrected chi connectivity index (χ1v) is 13.5. The van der Waals surface area contributed by atoms with Gasteiger partial charge in [-0.3, -0.25) is 9.59 Å². The zero-order valence-corrected chi connectivity index (χ0v) is 24.0. The van der Waals surface area contributed by atoms with Gasteiger partial charge in [0.2, 0.25) is 12.7 Å². The van der Waals surface area contributed by atoms with Crippen LogP contribution in [0, 0.1) is 0 Å². The van der Waals surface area contributed by atoms with E-state index in [9.17, 15) is 19.5 Å². The number of H-pyrrole nitrogens is 2. The summed E-state index contributed by atoms with van der Waals surface area (Å²) in [6.45, 7) is 5.00. The molecule has 1 aromatic carbocycles. The highest BCUT2D eigenvalue weighted by molar-refractivity contribution is 5.71. The quantitative estimate of drug-likeness (QED) is 0.133. The van der Waals surface area contributed by atoms with Gasteiger partial charge in [0.15, 0.2) is 6.04 Å².